The molecule has 0 aliphatic rings. The molecule has 1 aromatic heterocycles. The number of ether oxygens (including phenoxy) is 1. The van der Waals surface area contributed by atoms with E-state index < -0.39 is 35.6 Å². The lowest BCUT2D eigenvalue weighted by molar-refractivity contribution is -0.384. The lowest BCUT2D eigenvalue weighted by Gasteiger charge is -2.13. The predicted octanol–water partition coefficient (Wildman–Crippen LogP) is 3.29. The van der Waals surface area contributed by atoms with Crippen LogP contribution in [0, 0.1) is 10.1 Å². The van der Waals surface area contributed by atoms with Crippen molar-refractivity contribution in [2.24, 2.45) is 0 Å². The average molecular weight is 375 g/mol. The second-order valence-corrected chi connectivity index (χ2v) is 5.42. The number of nitrogens with zero attached hydrogens (tertiary/aromatic N) is 3. The molecule has 0 bridgehead atoms. The summed E-state index contributed by atoms with van der Waals surface area (Å²) in [7, 11) is 0. The van der Waals surface area contributed by atoms with Crippen LogP contribution in [0.2, 0.25) is 5.02 Å². The van der Waals surface area contributed by atoms with Crippen LogP contribution in [0.4, 0.5) is 20.2 Å². The van der Waals surface area contributed by atoms with Crippen LogP contribution < -0.4 is 10.1 Å². The van der Waals surface area contributed by atoms with Gasteiger partial charge in [-0.2, -0.15) is 5.10 Å². The normalized spacial score (nSPS) is 12.0. The van der Waals surface area contributed by atoms with E-state index in [-0.39, 0.29) is 11.4 Å². The molecule has 2 aromatic rings. The summed E-state index contributed by atoms with van der Waals surface area (Å²) in [4.78, 5) is 22.5. The first-order chi connectivity index (χ1) is 11.8. The molecular weight excluding hydrogens is 362 g/mol. The number of hydrogen-bond acceptors (Lipinski definition) is 5. The molecule has 0 saturated heterocycles. The second kappa shape index (κ2) is 7.88. The molecule has 11 heteroatoms. The number of hydrogen-bond donors (Lipinski definition) is 1. The van der Waals surface area contributed by atoms with E-state index in [1.807, 2.05) is 0 Å². The number of amides is 1. The fourth-order valence-electron chi connectivity index (χ4n) is 1.90. The average Bonchev–Trinajstić information content (AvgIpc) is 2.98. The van der Waals surface area contributed by atoms with Crippen molar-refractivity contribution in [3.8, 4) is 5.75 Å². The Bertz CT molecular complexity index is 784. The molecule has 0 aliphatic heterocycles. The Morgan fingerprint density at radius 3 is 2.76 bits per heavy atom. The van der Waals surface area contributed by atoms with Crippen LogP contribution in [0.5, 0.6) is 5.75 Å². The third-order valence-corrected chi connectivity index (χ3v) is 3.29. The Labute approximate surface area is 145 Å². The molecule has 1 aromatic carbocycles. The quantitative estimate of drug-likeness (QED) is 0.592. The minimum atomic E-state index is -2.73. The maximum Gasteiger partial charge on any atom is 0.275 e. The number of carbonyl (C=O) groups is 1. The highest BCUT2D eigenvalue weighted by atomic mass is 35.5. The van der Waals surface area contributed by atoms with Gasteiger partial charge in [-0.05, 0) is 6.92 Å². The molecule has 134 valence electrons. The standard InChI is InChI=1S/C14H13ClF2N4O4/c1-8(20-6-9(15)5-18-20)14(22)19-10-2-11(21(23)24)4-12(3-10)25-7-13(16)17/h2-6,8,13H,7H2,1H3,(H,19,22). The van der Waals surface area contributed by atoms with Gasteiger partial charge in [0.25, 0.3) is 12.1 Å². The van der Waals surface area contributed by atoms with E-state index >= 15 is 0 Å². The lowest BCUT2D eigenvalue weighted by Crippen LogP contribution is -2.24. The number of anilines is 1. The molecule has 1 atom stereocenters. The van der Waals surface area contributed by atoms with Gasteiger partial charge in [0.15, 0.2) is 0 Å². The minimum absolute atomic E-state index is 0.0357. The summed E-state index contributed by atoms with van der Waals surface area (Å²) in [6.07, 6.45) is 0.0627. The highest BCUT2D eigenvalue weighted by molar-refractivity contribution is 6.30. The van der Waals surface area contributed by atoms with E-state index in [2.05, 4.69) is 10.4 Å². The van der Waals surface area contributed by atoms with Crippen molar-refractivity contribution in [2.45, 2.75) is 19.4 Å². The molecular formula is C14H13ClF2N4O4. The maximum atomic E-state index is 12.2. The number of nitrogens with one attached hydrogen (secondary N) is 1. The van der Waals surface area contributed by atoms with E-state index in [0.717, 1.165) is 12.1 Å². The first-order valence-electron chi connectivity index (χ1n) is 6.97. The molecule has 0 aliphatic carbocycles. The van der Waals surface area contributed by atoms with Crippen molar-refractivity contribution in [3.63, 3.8) is 0 Å². The van der Waals surface area contributed by atoms with Crippen molar-refractivity contribution in [1.82, 2.24) is 9.78 Å². The van der Waals surface area contributed by atoms with Crippen LogP contribution in [0.1, 0.15) is 13.0 Å². The van der Waals surface area contributed by atoms with Gasteiger partial charge in [-0.25, -0.2) is 8.78 Å². The monoisotopic (exact) mass is 374 g/mol. The number of carbonyl (C=O) groups excluding carboxylic acids is 1. The van der Waals surface area contributed by atoms with Crippen molar-refractivity contribution >= 4 is 28.9 Å². The van der Waals surface area contributed by atoms with Crippen molar-refractivity contribution in [3.05, 3.63) is 45.7 Å². The van der Waals surface area contributed by atoms with Crippen molar-refractivity contribution in [2.75, 3.05) is 11.9 Å². The molecule has 1 N–H and O–H groups in total. The molecule has 0 saturated carbocycles. The molecule has 0 spiro atoms. The number of rotatable bonds is 7. The summed E-state index contributed by atoms with van der Waals surface area (Å²) in [6, 6.07) is 2.55. The number of nitro benzene ring substituents is 1. The van der Waals surface area contributed by atoms with Gasteiger partial charge < -0.3 is 10.1 Å². The minimum Gasteiger partial charge on any atom is -0.487 e. The molecule has 1 unspecified atom stereocenters. The molecule has 0 fully saturated rings. The van der Waals surface area contributed by atoms with E-state index in [4.69, 9.17) is 16.3 Å². The van der Waals surface area contributed by atoms with Gasteiger partial charge in [0.05, 0.1) is 27.9 Å². The van der Waals surface area contributed by atoms with Gasteiger partial charge in [-0.1, -0.05) is 11.6 Å². The largest absolute Gasteiger partial charge is 0.487 e. The van der Waals surface area contributed by atoms with Gasteiger partial charge in [-0.15, -0.1) is 0 Å². The third-order valence-electron chi connectivity index (χ3n) is 3.09. The lowest BCUT2D eigenvalue weighted by atomic mass is 10.2. The van der Waals surface area contributed by atoms with Crippen molar-refractivity contribution in [1.29, 1.82) is 0 Å². The highest BCUT2D eigenvalue weighted by Gasteiger charge is 2.18. The number of non-ortho nitro benzene ring substituents is 1. The number of benzene rings is 1. The summed E-state index contributed by atoms with van der Waals surface area (Å²) in [5.74, 6) is -0.681. The van der Waals surface area contributed by atoms with Crippen LogP contribution in [0.3, 0.4) is 0 Å². The van der Waals surface area contributed by atoms with Gasteiger partial charge >= 0.3 is 0 Å². The Morgan fingerprint density at radius 1 is 1.48 bits per heavy atom. The molecule has 25 heavy (non-hydrogen) atoms. The van der Waals surface area contributed by atoms with Crippen LogP contribution in [0.15, 0.2) is 30.6 Å². The molecule has 1 amide bonds. The maximum absolute atomic E-state index is 12.2. The molecule has 0 radical (unpaired) electrons. The van der Waals surface area contributed by atoms with Gasteiger partial charge in [0, 0.05) is 18.3 Å². The van der Waals surface area contributed by atoms with Gasteiger partial charge in [0.2, 0.25) is 5.91 Å². The molecule has 8 nitrogen and oxygen atoms in total. The number of aromatic nitrogens is 2. The van der Waals surface area contributed by atoms with E-state index in [1.165, 1.54) is 23.1 Å². The summed E-state index contributed by atoms with van der Waals surface area (Å²) in [5, 5.41) is 17.6. The van der Waals surface area contributed by atoms with E-state index in [9.17, 15) is 23.7 Å². The SMILES string of the molecule is CC(C(=O)Nc1cc(OCC(F)F)cc([N+](=O)[O-])c1)n1cc(Cl)cn1. The van der Waals surface area contributed by atoms with Crippen LogP contribution in [-0.4, -0.2) is 33.6 Å². The zero-order chi connectivity index (χ0) is 18.6. The Morgan fingerprint density at radius 2 is 2.20 bits per heavy atom. The number of alkyl halides is 2. The Kier molecular flexibility index (Phi) is 5.86. The molecule has 1 heterocycles. The van der Waals surface area contributed by atoms with Crippen LogP contribution in [0.25, 0.3) is 0 Å². The molecule has 2 rings (SSSR count). The summed E-state index contributed by atoms with van der Waals surface area (Å²) in [5.41, 5.74) is -0.370. The highest BCUT2D eigenvalue weighted by Crippen LogP contribution is 2.27. The summed E-state index contributed by atoms with van der Waals surface area (Å²) >= 11 is 5.74. The second-order valence-electron chi connectivity index (χ2n) is 4.98. The number of halogens is 3. The Balaban J connectivity index is 2.19. The zero-order valence-electron chi connectivity index (χ0n) is 12.9. The third kappa shape index (κ3) is 5.11. The zero-order valence-corrected chi connectivity index (χ0v) is 13.6. The first-order valence-corrected chi connectivity index (χ1v) is 7.35. The number of nitro groups is 1. The first kappa shape index (κ1) is 18.6. The van der Waals surface area contributed by atoms with Crippen molar-refractivity contribution < 1.29 is 23.2 Å². The Hall–Kier alpha value is -2.75. The fourth-order valence-corrected chi connectivity index (χ4v) is 2.04. The van der Waals surface area contributed by atoms with Crippen LogP contribution in [-0.2, 0) is 4.79 Å². The van der Waals surface area contributed by atoms with E-state index in [0.29, 0.717) is 5.02 Å². The smallest absolute Gasteiger partial charge is 0.275 e. The predicted molar refractivity (Wildman–Crippen MR) is 85.2 cm³/mol. The summed E-state index contributed by atoms with van der Waals surface area (Å²) in [6.45, 7) is 0.626. The summed E-state index contributed by atoms with van der Waals surface area (Å²) < 4.78 is 30.6. The van der Waals surface area contributed by atoms with Gasteiger partial charge in [-0.3, -0.25) is 19.6 Å². The fraction of sp³-hybridized carbons (Fsp3) is 0.286. The topological polar surface area (TPSA) is 99.3 Å². The van der Waals surface area contributed by atoms with E-state index in [1.54, 1.807) is 6.92 Å². The van der Waals surface area contributed by atoms with Gasteiger partial charge in [0.1, 0.15) is 18.4 Å². The van der Waals surface area contributed by atoms with Crippen LogP contribution >= 0.6 is 11.6 Å².